The lowest BCUT2D eigenvalue weighted by molar-refractivity contribution is -0.142. The maximum Gasteiger partial charge on any atom is 0.242 e. The molecule has 1 atom stereocenters. The molecule has 1 N–H and O–H groups in total. The van der Waals surface area contributed by atoms with Crippen molar-refractivity contribution < 1.29 is 14.6 Å². The summed E-state index contributed by atoms with van der Waals surface area (Å²) in [6.45, 7) is 6.80. The molecule has 0 aliphatic carbocycles. The first kappa shape index (κ1) is 13.7. The van der Waals surface area contributed by atoms with Gasteiger partial charge in [-0.15, -0.1) is 0 Å². The Hall–Kier alpha value is -0.690. The van der Waals surface area contributed by atoms with Crippen LogP contribution in [0.25, 0.3) is 0 Å². The van der Waals surface area contributed by atoms with Crippen molar-refractivity contribution in [3.8, 4) is 0 Å². The summed E-state index contributed by atoms with van der Waals surface area (Å²) in [6, 6.07) is -0.357. The Balaban J connectivity index is 1.81. The van der Waals surface area contributed by atoms with Gasteiger partial charge in [0.25, 0.3) is 0 Å². The van der Waals surface area contributed by atoms with Gasteiger partial charge in [-0.1, -0.05) is 0 Å². The Morgan fingerprint density at radius 3 is 2.61 bits per heavy atom. The monoisotopic (exact) mass is 257 g/mol. The summed E-state index contributed by atoms with van der Waals surface area (Å²) in [5.74, 6) is 0.0331. The molecule has 104 valence electrons. The van der Waals surface area contributed by atoms with Crippen LogP contribution < -0.4 is 0 Å². The van der Waals surface area contributed by atoms with Crippen LogP contribution in [-0.2, 0) is 9.53 Å². The molecule has 2 aliphatic rings. The van der Waals surface area contributed by atoms with Crippen molar-refractivity contribution in [1.82, 2.24) is 14.7 Å². The fraction of sp³-hybridized carbons (Fsp3) is 0.917. The number of nitrogens with zero attached hydrogens (tertiary/aromatic N) is 3. The van der Waals surface area contributed by atoms with Crippen molar-refractivity contribution in [3.05, 3.63) is 0 Å². The van der Waals surface area contributed by atoms with Gasteiger partial charge in [-0.2, -0.15) is 0 Å². The zero-order valence-electron chi connectivity index (χ0n) is 11.0. The molecule has 0 spiro atoms. The van der Waals surface area contributed by atoms with E-state index in [1.165, 1.54) is 0 Å². The molecule has 0 radical (unpaired) electrons. The molecule has 1 unspecified atom stereocenters. The lowest BCUT2D eigenvalue weighted by Crippen LogP contribution is -2.58. The Bertz CT molecular complexity index is 282. The normalized spacial score (nSPS) is 27.8. The van der Waals surface area contributed by atoms with Crippen LogP contribution in [0.1, 0.15) is 0 Å². The van der Waals surface area contributed by atoms with E-state index >= 15 is 0 Å². The maximum absolute atomic E-state index is 11.9. The Morgan fingerprint density at radius 1 is 1.22 bits per heavy atom. The summed E-state index contributed by atoms with van der Waals surface area (Å²) < 4.78 is 5.31. The highest BCUT2D eigenvalue weighted by molar-refractivity contribution is 5.82. The standard InChI is InChI=1S/C12H23N3O3/c1-13-2-4-15(11(10-16)12(13)17)5-3-14-6-8-18-9-7-14/h11,16H,2-10H2,1H3. The highest BCUT2D eigenvalue weighted by Gasteiger charge is 2.32. The molecule has 0 aromatic carbocycles. The first-order valence-corrected chi connectivity index (χ1v) is 6.62. The number of aliphatic hydroxyl groups is 1. The average Bonchev–Trinajstić information content (AvgIpc) is 2.41. The third-order valence-corrected chi connectivity index (χ3v) is 3.80. The van der Waals surface area contributed by atoms with Gasteiger partial charge in [0.15, 0.2) is 0 Å². The van der Waals surface area contributed by atoms with Gasteiger partial charge >= 0.3 is 0 Å². The largest absolute Gasteiger partial charge is 0.394 e. The number of hydrogen-bond acceptors (Lipinski definition) is 5. The predicted octanol–water partition coefficient (Wildman–Crippen LogP) is -1.55. The average molecular weight is 257 g/mol. The third kappa shape index (κ3) is 3.20. The highest BCUT2D eigenvalue weighted by atomic mass is 16.5. The second-order valence-electron chi connectivity index (χ2n) is 4.95. The van der Waals surface area contributed by atoms with E-state index in [1.807, 2.05) is 0 Å². The van der Waals surface area contributed by atoms with Crippen molar-refractivity contribution in [3.63, 3.8) is 0 Å². The number of amides is 1. The van der Waals surface area contributed by atoms with Crippen LogP contribution >= 0.6 is 0 Å². The predicted molar refractivity (Wildman–Crippen MR) is 67.3 cm³/mol. The first-order valence-electron chi connectivity index (χ1n) is 6.62. The third-order valence-electron chi connectivity index (χ3n) is 3.80. The van der Waals surface area contributed by atoms with Gasteiger partial charge in [0, 0.05) is 46.3 Å². The number of hydrogen-bond donors (Lipinski definition) is 1. The molecule has 2 heterocycles. The Kier molecular flexibility index (Phi) is 4.94. The van der Waals surface area contributed by atoms with Crippen LogP contribution in [0.5, 0.6) is 0 Å². The summed E-state index contributed by atoms with van der Waals surface area (Å²) in [7, 11) is 1.80. The van der Waals surface area contributed by atoms with Crippen LogP contribution in [0.3, 0.4) is 0 Å². The SMILES string of the molecule is CN1CCN(CCN2CCOCC2)C(CO)C1=O. The Labute approximate surface area is 108 Å². The van der Waals surface area contributed by atoms with Crippen LogP contribution in [0.2, 0.25) is 0 Å². The lowest BCUT2D eigenvalue weighted by atomic mass is 10.1. The first-order chi connectivity index (χ1) is 8.72. The minimum atomic E-state index is -0.357. The second kappa shape index (κ2) is 6.47. The zero-order valence-corrected chi connectivity index (χ0v) is 11.0. The minimum absolute atomic E-state index is 0.0331. The van der Waals surface area contributed by atoms with Gasteiger partial charge in [0.05, 0.1) is 19.8 Å². The lowest BCUT2D eigenvalue weighted by Gasteiger charge is -2.39. The quantitative estimate of drug-likeness (QED) is 0.661. The summed E-state index contributed by atoms with van der Waals surface area (Å²) in [6.07, 6.45) is 0. The van der Waals surface area contributed by atoms with Crippen molar-refractivity contribution in [2.24, 2.45) is 0 Å². The van der Waals surface area contributed by atoms with Gasteiger partial charge in [-0.3, -0.25) is 14.6 Å². The molecule has 2 fully saturated rings. The molecule has 6 heteroatoms. The molecule has 0 aromatic heterocycles. The minimum Gasteiger partial charge on any atom is -0.394 e. The zero-order chi connectivity index (χ0) is 13.0. The van der Waals surface area contributed by atoms with E-state index in [1.54, 1.807) is 11.9 Å². The van der Waals surface area contributed by atoms with E-state index in [0.29, 0.717) is 0 Å². The number of aliphatic hydroxyl groups excluding tert-OH is 1. The van der Waals surface area contributed by atoms with E-state index in [2.05, 4.69) is 9.80 Å². The number of rotatable bonds is 4. The summed E-state index contributed by atoms with van der Waals surface area (Å²) >= 11 is 0. The molecule has 1 amide bonds. The Morgan fingerprint density at radius 2 is 1.94 bits per heavy atom. The molecule has 0 bridgehead atoms. The van der Waals surface area contributed by atoms with Crippen molar-refractivity contribution >= 4 is 5.91 Å². The van der Waals surface area contributed by atoms with E-state index in [-0.39, 0.29) is 18.6 Å². The van der Waals surface area contributed by atoms with Crippen LogP contribution in [0.4, 0.5) is 0 Å². The number of carbonyl (C=O) groups is 1. The molecular weight excluding hydrogens is 234 g/mol. The van der Waals surface area contributed by atoms with Gasteiger partial charge in [-0.05, 0) is 0 Å². The summed E-state index contributed by atoms with van der Waals surface area (Å²) in [5, 5.41) is 9.36. The summed E-state index contributed by atoms with van der Waals surface area (Å²) in [5.41, 5.74) is 0. The molecular formula is C12H23N3O3. The van der Waals surface area contributed by atoms with Gasteiger partial charge < -0.3 is 14.7 Å². The molecule has 2 aliphatic heterocycles. The number of ether oxygens (including phenoxy) is 1. The van der Waals surface area contributed by atoms with E-state index in [0.717, 1.165) is 52.5 Å². The van der Waals surface area contributed by atoms with Crippen molar-refractivity contribution in [1.29, 1.82) is 0 Å². The molecule has 0 saturated carbocycles. The number of likely N-dealkylation sites (N-methyl/N-ethyl adjacent to an activating group) is 1. The number of morpholine rings is 1. The topological polar surface area (TPSA) is 56.3 Å². The van der Waals surface area contributed by atoms with Gasteiger partial charge in [0.1, 0.15) is 6.04 Å². The highest BCUT2D eigenvalue weighted by Crippen LogP contribution is 2.10. The molecule has 2 rings (SSSR count). The fourth-order valence-electron chi connectivity index (χ4n) is 2.51. The number of carbonyl (C=O) groups excluding carboxylic acids is 1. The van der Waals surface area contributed by atoms with Crippen molar-refractivity contribution in [2.75, 3.05) is 66.1 Å². The second-order valence-corrected chi connectivity index (χ2v) is 4.95. The fourth-order valence-corrected chi connectivity index (χ4v) is 2.51. The molecule has 6 nitrogen and oxygen atoms in total. The van der Waals surface area contributed by atoms with Crippen molar-refractivity contribution in [2.45, 2.75) is 6.04 Å². The van der Waals surface area contributed by atoms with E-state index < -0.39 is 0 Å². The smallest absolute Gasteiger partial charge is 0.242 e. The van der Waals surface area contributed by atoms with E-state index in [9.17, 15) is 9.90 Å². The maximum atomic E-state index is 11.9. The van der Waals surface area contributed by atoms with Gasteiger partial charge in [0.2, 0.25) is 5.91 Å². The van der Waals surface area contributed by atoms with Crippen LogP contribution in [0.15, 0.2) is 0 Å². The van der Waals surface area contributed by atoms with Crippen LogP contribution in [-0.4, -0.2) is 97.9 Å². The molecule has 18 heavy (non-hydrogen) atoms. The molecule has 2 saturated heterocycles. The van der Waals surface area contributed by atoms with Gasteiger partial charge in [-0.25, -0.2) is 0 Å². The summed E-state index contributed by atoms with van der Waals surface area (Å²) in [4.78, 5) is 18.1. The number of piperazine rings is 1. The molecule has 0 aromatic rings. The van der Waals surface area contributed by atoms with Crippen LogP contribution in [0, 0.1) is 0 Å². The van der Waals surface area contributed by atoms with E-state index in [4.69, 9.17) is 4.74 Å².